The fourth-order valence-corrected chi connectivity index (χ4v) is 1.21. The number of carbonyl (C=O) groups is 1. The number of ketones is 1. The van der Waals surface area contributed by atoms with Crippen LogP contribution in [-0.2, 0) is 16.1 Å². The highest BCUT2D eigenvalue weighted by molar-refractivity contribution is 5.75. The van der Waals surface area contributed by atoms with Crippen LogP contribution < -0.4 is 0 Å². The Hall–Kier alpha value is -1.75. The maximum absolute atomic E-state index is 10.8. The summed E-state index contributed by atoms with van der Waals surface area (Å²) in [6, 6.07) is 9.12. The molecule has 0 N–H and O–H groups in total. The van der Waals surface area contributed by atoms with Crippen molar-refractivity contribution in [3.63, 3.8) is 0 Å². The Morgan fingerprint density at radius 2 is 2.06 bits per heavy atom. The second-order valence-corrected chi connectivity index (χ2v) is 3.44. The van der Waals surface area contributed by atoms with Crippen LogP contribution in [0, 0.1) is 10.1 Å². The van der Waals surface area contributed by atoms with Crippen molar-refractivity contribution in [3.05, 3.63) is 46.0 Å². The second kappa shape index (κ2) is 5.97. The lowest BCUT2D eigenvalue weighted by Gasteiger charge is -2.08. The Balaban J connectivity index is 2.50. The molecule has 0 saturated carbocycles. The predicted octanol–water partition coefficient (Wildman–Crippen LogP) is 1.79. The fourth-order valence-electron chi connectivity index (χ4n) is 1.21. The Morgan fingerprint density at radius 1 is 1.44 bits per heavy atom. The molecule has 1 aromatic carbocycles. The van der Waals surface area contributed by atoms with Crippen molar-refractivity contribution < 1.29 is 14.5 Å². The molecule has 0 aliphatic carbocycles. The lowest BCUT2D eigenvalue weighted by Crippen LogP contribution is -2.25. The highest BCUT2D eigenvalue weighted by Gasteiger charge is 2.22. The molecule has 0 spiro atoms. The first-order chi connectivity index (χ1) is 7.59. The zero-order chi connectivity index (χ0) is 12.0. The first-order valence-electron chi connectivity index (χ1n) is 4.88. The van der Waals surface area contributed by atoms with Gasteiger partial charge in [0.25, 0.3) is 0 Å². The first-order valence-corrected chi connectivity index (χ1v) is 4.88. The molecule has 5 nitrogen and oxygen atoms in total. The van der Waals surface area contributed by atoms with E-state index in [1.165, 1.54) is 6.92 Å². The third-order valence-electron chi connectivity index (χ3n) is 1.98. The quantitative estimate of drug-likeness (QED) is 0.418. The molecule has 0 bridgehead atoms. The normalized spacial score (nSPS) is 12.1. The third kappa shape index (κ3) is 4.18. The zero-order valence-electron chi connectivity index (χ0n) is 8.96. The Morgan fingerprint density at radius 3 is 2.56 bits per heavy atom. The van der Waals surface area contributed by atoms with Crippen LogP contribution in [0.1, 0.15) is 18.9 Å². The molecule has 0 amide bonds. The molecule has 0 aromatic heterocycles. The molecule has 0 heterocycles. The number of hydrogen-bond acceptors (Lipinski definition) is 4. The molecule has 0 aliphatic rings. The number of hydrogen-bond donors (Lipinski definition) is 0. The van der Waals surface area contributed by atoms with Crippen molar-refractivity contribution in [1.82, 2.24) is 0 Å². The molecule has 1 rings (SSSR count). The number of Topliss-reactive ketones (excluding diaryl/α,β-unsaturated/α-hetero) is 1. The lowest BCUT2D eigenvalue weighted by molar-refractivity contribution is -0.576. The Labute approximate surface area is 93.2 Å². The average Bonchev–Trinajstić information content (AvgIpc) is 2.25. The van der Waals surface area contributed by atoms with E-state index in [-0.39, 0.29) is 18.8 Å². The van der Waals surface area contributed by atoms with Crippen LogP contribution in [0.2, 0.25) is 0 Å². The van der Waals surface area contributed by atoms with Crippen LogP contribution in [-0.4, -0.2) is 16.9 Å². The summed E-state index contributed by atoms with van der Waals surface area (Å²) in [5, 5.41) is 10.6. The van der Waals surface area contributed by atoms with Gasteiger partial charge < -0.3 is 4.74 Å². The molecule has 0 saturated heterocycles. The molecule has 0 fully saturated rings. The molecule has 0 aliphatic heterocycles. The summed E-state index contributed by atoms with van der Waals surface area (Å²) in [7, 11) is 0. The van der Waals surface area contributed by atoms with Crippen molar-refractivity contribution in [2.45, 2.75) is 26.2 Å². The van der Waals surface area contributed by atoms with E-state index in [9.17, 15) is 14.9 Å². The smallest absolute Gasteiger partial charge is 0.312 e. The molecular formula is C11H13NO4. The third-order valence-corrected chi connectivity index (χ3v) is 1.98. The van der Waals surface area contributed by atoms with Gasteiger partial charge >= 0.3 is 6.23 Å². The summed E-state index contributed by atoms with van der Waals surface area (Å²) in [4.78, 5) is 20.8. The van der Waals surface area contributed by atoms with Gasteiger partial charge in [-0.2, -0.15) is 0 Å². The molecule has 1 atom stereocenters. The number of ether oxygens (including phenoxy) is 1. The Bertz CT molecular complexity index is 364. The molecule has 5 heteroatoms. The molecule has 1 aromatic rings. The summed E-state index contributed by atoms with van der Waals surface area (Å²) in [5.41, 5.74) is 0.845. The molecular weight excluding hydrogens is 210 g/mol. The summed E-state index contributed by atoms with van der Waals surface area (Å²) in [5.74, 6) is -0.255. The van der Waals surface area contributed by atoms with Crippen LogP contribution in [0.25, 0.3) is 0 Å². The second-order valence-electron chi connectivity index (χ2n) is 3.44. The number of nitrogens with zero attached hydrogens (tertiary/aromatic N) is 1. The minimum atomic E-state index is -1.25. The molecule has 16 heavy (non-hydrogen) atoms. The van der Waals surface area contributed by atoms with E-state index in [1.807, 2.05) is 30.3 Å². The Kier molecular flexibility index (Phi) is 4.60. The molecule has 86 valence electrons. The average molecular weight is 223 g/mol. The minimum Gasteiger partial charge on any atom is -0.312 e. The van der Waals surface area contributed by atoms with E-state index < -0.39 is 11.2 Å². The monoisotopic (exact) mass is 223 g/mol. The summed E-state index contributed by atoms with van der Waals surface area (Å²) in [6.07, 6.45) is -1.45. The fraction of sp³-hybridized carbons (Fsp3) is 0.364. The van der Waals surface area contributed by atoms with E-state index in [0.717, 1.165) is 5.56 Å². The minimum absolute atomic E-state index is 0.139. The zero-order valence-corrected chi connectivity index (χ0v) is 8.96. The summed E-state index contributed by atoms with van der Waals surface area (Å²) in [6.45, 7) is 1.45. The highest BCUT2D eigenvalue weighted by Crippen LogP contribution is 2.06. The van der Waals surface area contributed by atoms with Gasteiger partial charge in [0.15, 0.2) is 0 Å². The van der Waals surface area contributed by atoms with E-state index >= 15 is 0 Å². The number of carbonyl (C=O) groups excluding carboxylic acids is 1. The predicted molar refractivity (Wildman–Crippen MR) is 57.3 cm³/mol. The van der Waals surface area contributed by atoms with E-state index in [4.69, 9.17) is 4.74 Å². The van der Waals surface area contributed by atoms with Gasteiger partial charge in [-0.3, -0.25) is 14.9 Å². The number of nitro groups is 1. The number of benzene rings is 1. The molecule has 1 unspecified atom stereocenters. The number of rotatable bonds is 6. The summed E-state index contributed by atoms with van der Waals surface area (Å²) >= 11 is 0. The van der Waals surface area contributed by atoms with Crippen molar-refractivity contribution >= 4 is 5.78 Å². The summed E-state index contributed by atoms with van der Waals surface area (Å²) < 4.78 is 5.08. The van der Waals surface area contributed by atoms with E-state index in [2.05, 4.69) is 0 Å². The van der Waals surface area contributed by atoms with Gasteiger partial charge in [0.05, 0.1) is 11.5 Å². The van der Waals surface area contributed by atoms with Gasteiger partial charge in [0.2, 0.25) is 0 Å². The van der Waals surface area contributed by atoms with E-state index in [0.29, 0.717) is 0 Å². The topological polar surface area (TPSA) is 69.4 Å². The van der Waals surface area contributed by atoms with Gasteiger partial charge in [-0.15, -0.1) is 0 Å². The van der Waals surface area contributed by atoms with Gasteiger partial charge in [0, 0.05) is 0 Å². The highest BCUT2D eigenvalue weighted by atomic mass is 16.7. The first kappa shape index (κ1) is 12.3. The van der Waals surface area contributed by atoms with Crippen LogP contribution >= 0.6 is 0 Å². The van der Waals surface area contributed by atoms with E-state index in [1.54, 1.807) is 0 Å². The standard InChI is InChI=1S/C11H13NO4/c1-9(13)7-11(12(14)15)16-8-10-5-3-2-4-6-10/h2-6,11H,7-8H2,1H3. The van der Waals surface area contributed by atoms with Crippen molar-refractivity contribution in [2.75, 3.05) is 0 Å². The van der Waals surface area contributed by atoms with Crippen molar-refractivity contribution in [1.29, 1.82) is 0 Å². The maximum Gasteiger partial charge on any atom is 0.322 e. The van der Waals surface area contributed by atoms with Crippen LogP contribution in [0.4, 0.5) is 0 Å². The maximum atomic E-state index is 10.8. The van der Waals surface area contributed by atoms with Crippen LogP contribution in [0.15, 0.2) is 30.3 Å². The van der Waals surface area contributed by atoms with Crippen molar-refractivity contribution in [3.8, 4) is 0 Å². The van der Waals surface area contributed by atoms with Gasteiger partial charge in [-0.05, 0) is 12.5 Å². The van der Waals surface area contributed by atoms with Crippen molar-refractivity contribution in [2.24, 2.45) is 0 Å². The van der Waals surface area contributed by atoms with Crippen LogP contribution in [0.3, 0.4) is 0 Å². The van der Waals surface area contributed by atoms with Gasteiger partial charge in [0.1, 0.15) is 12.2 Å². The lowest BCUT2D eigenvalue weighted by atomic mass is 10.2. The van der Waals surface area contributed by atoms with Gasteiger partial charge in [-0.1, -0.05) is 30.3 Å². The SMILES string of the molecule is CC(=O)CC(OCc1ccccc1)[N+](=O)[O-]. The molecule has 0 radical (unpaired) electrons. The van der Waals surface area contributed by atoms with Gasteiger partial charge in [-0.25, -0.2) is 0 Å². The van der Waals surface area contributed by atoms with Crippen LogP contribution in [0.5, 0.6) is 0 Å². The largest absolute Gasteiger partial charge is 0.322 e.